The third-order valence-corrected chi connectivity index (χ3v) is 4.64. The van der Waals surface area contributed by atoms with E-state index in [0.717, 1.165) is 39.4 Å². The molecule has 1 fully saturated rings. The van der Waals surface area contributed by atoms with Crippen molar-refractivity contribution in [2.24, 2.45) is 5.92 Å². The van der Waals surface area contributed by atoms with Crippen molar-refractivity contribution in [3.8, 4) is 11.3 Å². The van der Waals surface area contributed by atoms with Gasteiger partial charge in [-0.05, 0) is 24.3 Å². The molecule has 2 aromatic heterocycles. The molecule has 0 unspecified atom stereocenters. The number of benzene rings is 1. The Balaban J connectivity index is 1.63. The molecular weight excluding hydrogens is 284 g/mol. The summed E-state index contributed by atoms with van der Waals surface area (Å²) in [5.41, 5.74) is 2.94. The minimum absolute atomic E-state index is 0.0635. The van der Waals surface area contributed by atoms with Crippen molar-refractivity contribution >= 4 is 21.4 Å². The third-order valence-electron chi connectivity index (χ3n) is 3.76. The van der Waals surface area contributed by atoms with Gasteiger partial charge >= 0.3 is 0 Å². The Morgan fingerprint density at radius 1 is 1.29 bits per heavy atom. The fourth-order valence-electron chi connectivity index (χ4n) is 2.30. The Morgan fingerprint density at radius 2 is 2.10 bits per heavy atom. The first-order chi connectivity index (χ1) is 10.3. The van der Waals surface area contributed by atoms with Gasteiger partial charge in [-0.3, -0.25) is 0 Å². The van der Waals surface area contributed by atoms with Gasteiger partial charge in [0.05, 0.1) is 18.5 Å². The van der Waals surface area contributed by atoms with Gasteiger partial charge in [-0.2, -0.15) is 0 Å². The molecule has 0 saturated heterocycles. The number of nitrogens with one attached hydrogen (secondary N) is 1. The first kappa shape index (κ1) is 12.8. The van der Waals surface area contributed by atoms with Gasteiger partial charge in [0, 0.05) is 12.1 Å². The van der Waals surface area contributed by atoms with Crippen LogP contribution in [-0.4, -0.2) is 26.2 Å². The quantitative estimate of drug-likeness (QED) is 0.760. The zero-order valence-corrected chi connectivity index (χ0v) is 12.3. The van der Waals surface area contributed by atoms with Gasteiger partial charge in [0.15, 0.2) is 0 Å². The lowest BCUT2D eigenvalue weighted by molar-refractivity contribution is 0.282. The summed E-state index contributed by atoms with van der Waals surface area (Å²) in [6.07, 6.45) is 4.51. The van der Waals surface area contributed by atoms with Crippen LogP contribution >= 0.6 is 11.3 Å². The number of imidazole rings is 1. The maximum absolute atomic E-state index is 9.11. The normalized spacial score (nSPS) is 14.7. The molecule has 1 aliphatic rings. The summed E-state index contributed by atoms with van der Waals surface area (Å²) in [4.78, 5) is 5.33. The largest absolute Gasteiger partial charge is 0.392 e. The molecule has 0 amide bonds. The third kappa shape index (κ3) is 2.52. The van der Waals surface area contributed by atoms with Crippen molar-refractivity contribution < 1.29 is 5.11 Å². The lowest BCUT2D eigenvalue weighted by atomic mass is 10.1. The van der Waals surface area contributed by atoms with E-state index in [-0.39, 0.29) is 6.61 Å². The van der Waals surface area contributed by atoms with Gasteiger partial charge in [0.1, 0.15) is 0 Å². The number of anilines is 1. The Hall–Kier alpha value is -1.92. The number of hydrogen-bond donors (Lipinski definition) is 2. The first-order valence-corrected chi connectivity index (χ1v) is 7.94. The summed E-state index contributed by atoms with van der Waals surface area (Å²) in [5, 5.41) is 18.0. The smallest absolute Gasteiger partial charge is 0.214 e. The number of hydrogen-bond acceptors (Lipinski definition) is 5. The molecule has 5 nitrogen and oxygen atoms in total. The molecule has 4 rings (SSSR count). The van der Waals surface area contributed by atoms with Gasteiger partial charge in [-0.25, -0.2) is 9.50 Å². The Morgan fingerprint density at radius 3 is 2.81 bits per heavy atom. The maximum atomic E-state index is 9.11. The molecule has 108 valence electrons. The number of aliphatic hydroxyl groups excluding tert-OH is 1. The summed E-state index contributed by atoms with van der Waals surface area (Å²) in [7, 11) is 0. The predicted molar refractivity (Wildman–Crippen MR) is 83.4 cm³/mol. The van der Waals surface area contributed by atoms with Crippen molar-refractivity contribution in [2.75, 3.05) is 11.9 Å². The number of aromatic nitrogens is 3. The second kappa shape index (κ2) is 5.13. The standard InChI is InChI=1S/C15H16N4OS/c20-9-11-3-5-12(6-4-11)13-8-17-15-19(13)18-14(21-15)16-7-10-1-2-10/h3-6,8,10,20H,1-2,7,9H2,(H,16,18). The fourth-order valence-corrected chi connectivity index (χ4v) is 3.08. The fraction of sp³-hybridized carbons (Fsp3) is 0.333. The molecule has 6 heteroatoms. The van der Waals surface area contributed by atoms with Gasteiger partial charge < -0.3 is 10.4 Å². The molecule has 2 N–H and O–H groups in total. The summed E-state index contributed by atoms with van der Waals surface area (Å²) < 4.78 is 1.88. The Kier molecular flexibility index (Phi) is 3.12. The highest BCUT2D eigenvalue weighted by Crippen LogP contribution is 2.30. The number of nitrogens with zero attached hydrogens (tertiary/aromatic N) is 3. The van der Waals surface area contributed by atoms with E-state index in [0.29, 0.717) is 0 Å². The molecule has 1 aromatic carbocycles. The molecule has 0 radical (unpaired) electrons. The van der Waals surface area contributed by atoms with E-state index >= 15 is 0 Å². The number of aliphatic hydroxyl groups is 1. The van der Waals surface area contributed by atoms with Crippen LogP contribution in [-0.2, 0) is 6.61 Å². The minimum atomic E-state index is 0.0635. The van der Waals surface area contributed by atoms with Crippen LogP contribution in [0.3, 0.4) is 0 Å². The van der Waals surface area contributed by atoms with Crippen LogP contribution in [0.4, 0.5) is 5.13 Å². The van der Waals surface area contributed by atoms with Crippen molar-refractivity contribution in [1.82, 2.24) is 14.6 Å². The van der Waals surface area contributed by atoms with Crippen LogP contribution in [0.2, 0.25) is 0 Å². The van der Waals surface area contributed by atoms with Crippen LogP contribution in [0.25, 0.3) is 16.2 Å². The van der Waals surface area contributed by atoms with Gasteiger partial charge in [0.2, 0.25) is 10.1 Å². The molecule has 2 heterocycles. The lowest BCUT2D eigenvalue weighted by Gasteiger charge is -2.01. The molecular formula is C15H16N4OS. The second-order valence-electron chi connectivity index (χ2n) is 5.42. The molecule has 1 aliphatic carbocycles. The van der Waals surface area contributed by atoms with E-state index < -0.39 is 0 Å². The van der Waals surface area contributed by atoms with Gasteiger partial charge in [0.25, 0.3) is 0 Å². The topological polar surface area (TPSA) is 62.5 Å². The molecule has 0 aliphatic heterocycles. The van der Waals surface area contributed by atoms with Crippen LogP contribution in [0.15, 0.2) is 30.5 Å². The molecule has 0 bridgehead atoms. The van der Waals surface area contributed by atoms with E-state index in [1.54, 1.807) is 11.3 Å². The van der Waals surface area contributed by atoms with Gasteiger partial charge in [-0.15, -0.1) is 5.10 Å². The van der Waals surface area contributed by atoms with E-state index in [9.17, 15) is 0 Å². The summed E-state index contributed by atoms with van der Waals surface area (Å²) >= 11 is 1.58. The molecule has 0 atom stereocenters. The number of fused-ring (bicyclic) bond motifs is 1. The van der Waals surface area contributed by atoms with Gasteiger partial charge in [-0.1, -0.05) is 35.6 Å². The Bertz CT molecular complexity index is 758. The van der Waals surface area contributed by atoms with Crippen LogP contribution in [0.1, 0.15) is 18.4 Å². The maximum Gasteiger partial charge on any atom is 0.214 e. The molecule has 3 aromatic rings. The van der Waals surface area contributed by atoms with Crippen molar-refractivity contribution in [2.45, 2.75) is 19.4 Å². The van der Waals surface area contributed by atoms with Crippen molar-refractivity contribution in [3.63, 3.8) is 0 Å². The highest BCUT2D eigenvalue weighted by Gasteiger charge is 2.21. The first-order valence-electron chi connectivity index (χ1n) is 7.12. The van der Waals surface area contributed by atoms with Crippen LogP contribution in [0.5, 0.6) is 0 Å². The molecule has 1 saturated carbocycles. The van der Waals surface area contributed by atoms with Crippen LogP contribution in [0, 0.1) is 5.92 Å². The average molecular weight is 300 g/mol. The van der Waals surface area contributed by atoms with Crippen molar-refractivity contribution in [3.05, 3.63) is 36.0 Å². The predicted octanol–water partition coefficient (Wildman–Crippen LogP) is 2.77. The molecule has 21 heavy (non-hydrogen) atoms. The Labute approximate surface area is 126 Å². The van der Waals surface area contributed by atoms with E-state index in [1.807, 2.05) is 35.0 Å². The van der Waals surface area contributed by atoms with E-state index in [2.05, 4.69) is 15.4 Å². The highest BCUT2D eigenvalue weighted by atomic mass is 32.1. The number of rotatable bonds is 5. The summed E-state index contributed by atoms with van der Waals surface area (Å²) in [5.74, 6) is 0.826. The zero-order chi connectivity index (χ0) is 14.2. The highest BCUT2D eigenvalue weighted by molar-refractivity contribution is 7.20. The zero-order valence-electron chi connectivity index (χ0n) is 11.5. The van der Waals surface area contributed by atoms with E-state index in [1.165, 1.54) is 12.8 Å². The SMILES string of the molecule is OCc1ccc(-c2cnc3sc(NCC4CC4)nn23)cc1. The second-order valence-corrected chi connectivity index (χ2v) is 6.38. The van der Waals surface area contributed by atoms with Crippen molar-refractivity contribution in [1.29, 1.82) is 0 Å². The monoisotopic (exact) mass is 300 g/mol. The lowest BCUT2D eigenvalue weighted by Crippen LogP contribution is -2.03. The summed E-state index contributed by atoms with van der Waals surface area (Å²) in [6.45, 7) is 1.07. The van der Waals surface area contributed by atoms with E-state index in [4.69, 9.17) is 5.11 Å². The average Bonchev–Trinajstić information content (AvgIpc) is 3.14. The van der Waals surface area contributed by atoms with Crippen LogP contribution < -0.4 is 5.32 Å². The molecule has 0 spiro atoms. The summed E-state index contributed by atoms with van der Waals surface area (Å²) in [6, 6.07) is 7.83. The minimum Gasteiger partial charge on any atom is -0.392 e.